The Morgan fingerprint density at radius 1 is 1.13 bits per heavy atom. The summed E-state index contributed by atoms with van der Waals surface area (Å²) in [5.74, 6) is 1.66. The normalized spacial score (nSPS) is 19.1. The number of aromatic nitrogens is 4. The SMILES string of the molecule is COc1ccc(CN(c2nc(Nc3cc(C#N)cc(N4CCN5C(CCS5(=O)=O)C4)c3Cl)nn3c(C#N)cnc23)C2CC2)cc1. The first-order valence-corrected chi connectivity index (χ1v) is 16.6. The van der Waals surface area contributed by atoms with Crippen LogP contribution in [0.4, 0.5) is 23.1 Å². The van der Waals surface area contributed by atoms with E-state index in [0.717, 1.165) is 24.2 Å². The molecule has 4 aromatic rings. The lowest BCUT2D eigenvalue weighted by atomic mass is 10.1. The largest absolute Gasteiger partial charge is 0.497 e. The molecule has 2 saturated heterocycles. The van der Waals surface area contributed by atoms with E-state index in [9.17, 15) is 18.9 Å². The molecule has 7 rings (SSSR count). The fourth-order valence-electron chi connectivity index (χ4n) is 6.06. The number of nitrogens with zero attached hydrogens (tertiary/aromatic N) is 9. The third-order valence-electron chi connectivity index (χ3n) is 8.50. The van der Waals surface area contributed by atoms with Gasteiger partial charge < -0.3 is 19.9 Å². The number of imidazole rings is 1. The molecule has 1 N–H and O–H groups in total. The molecular weight excluding hydrogens is 616 g/mol. The maximum Gasteiger partial charge on any atom is 0.247 e. The Bertz CT molecular complexity index is 1980. The summed E-state index contributed by atoms with van der Waals surface area (Å²) in [4.78, 5) is 13.6. The number of hydrogen-bond donors (Lipinski definition) is 1. The minimum Gasteiger partial charge on any atom is -0.497 e. The molecule has 0 bridgehead atoms. The van der Waals surface area contributed by atoms with Crippen LogP contribution >= 0.6 is 11.6 Å². The third kappa shape index (κ3) is 5.46. The zero-order valence-electron chi connectivity index (χ0n) is 24.4. The van der Waals surface area contributed by atoms with Gasteiger partial charge in [-0.2, -0.15) is 24.3 Å². The zero-order valence-corrected chi connectivity index (χ0v) is 26.0. The summed E-state index contributed by atoms with van der Waals surface area (Å²) >= 11 is 6.98. The molecule has 4 heterocycles. The van der Waals surface area contributed by atoms with Gasteiger partial charge in [-0.05, 0) is 49.1 Å². The highest BCUT2D eigenvalue weighted by molar-refractivity contribution is 7.89. The molecular formula is C30H29ClN10O3S. The van der Waals surface area contributed by atoms with Crippen molar-refractivity contribution >= 4 is 50.4 Å². The van der Waals surface area contributed by atoms with Gasteiger partial charge in [0.15, 0.2) is 17.2 Å². The Hall–Kier alpha value is -4.63. The number of anilines is 4. The second-order valence-electron chi connectivity index (χ2n) is 11.4. The van der Waals surface area contributed by atoms with E-state index in [1.807, 2.05) is 29.2 Å². The second-order valence-corrected chi connectivity index (χ2v) is 13.8. The lowest BCUT2D eigenvalue weighted by Crippen LogP contribution is -2.51. The van der Waals surface area contributed by atoms with Crippen molar-refractivity contribution in [2.24, 2.45) is 0 Å². The van der Waals surface area contributed by atoms with Crippen LogP contribution in [-0.2, 0) is 16.6 Å². The van der Waals surface area contributed by atoms with Crippen LogP contribution in [0, 0.1) is 22.7 Å². The van der Waals surface area contributed by atoms with Crippen LogP contribution in [0.25, 0.3) is 5.65 Å². The van der Waals surface area contributed by atoms with Crippen LogP contribution in [0.5, 0.6) is 5.75 Å². The number of hydrogen-bond acceptors (Lipinski definition) is 11. The van der Waals surface area contributed by atoms with Crippen LogP contribution in [0.15, 0.2) is 42.6 Å². The molecule has 0 spiro atoms. The van der Waals surface area contributed by atoms with Gasteiger partial charge in [0.25, 0.3) is 0 Å². The van der Waals surface area contributed by atoms with E-state index in [2.05, 4.69) is 32.4 Å². The molecule has 15 heteroatoms. The van der Waals surface area contributed by atoms with Crippen molar-refractivity contribution in [3.63, 3.8) is 0 Å². The fraction of sp³-hybridized carbons (Fsp3) is 0.367. The molecule has 1 saturated carbocycles. The maximum absolute atomic E-state index is 12.4. The highest BCUT2D eigenvalue weighted by atomic mass is 35.5. The van der Waals surface area contributed by atoms with Crippen molar-refractivity contribution in [2.75, 3.05) is 47.6 Å². The molecule has 1 atom stereocenters. The number of halogens is 1. The third-order valence-corrected chi connectivity index (χ3v) is 10.8. The first-order valence-electron chi connectivity index (χ1n) is 14.6. The molecule has 3 aliphatic rings. The molecule has 1 aliphatic carbocycles. The predicted octanol–water partition coefficient (Wildman–Crippen LogP) is 3.67. The van der Waals surface area contributed by atoms with E-state index in [1.165, 1.54) is 10.7 Å². The van der Waals surface area contributed by atoms with Crippen LogP contribution in [-0.4, -0.2) is 76.9 Å². The standard InChI is InChI=1S/C30H29ClN10O3S/c1-44-24-6-2-19(3-7-24)17-39(21-4-5-21)29-28-34-16-23(15-33)41(28)37-30(36-29)35-25-12-20(14-32)13-26(27(25)31)38-9-10-40-22(18-38)8-11-45(40,42)43/h2-3,6-7,12-13,16,21-22H,4-5,8-11,17-18H2,1H3,(H,35,37). The lowest BCUT2D eigenvalue weighted by Gasteiger charge is -2.38. The van der Waals surface area contributed by atoms with Crippen LogP contribution in [0.2, 0.25) is 5.02 Å². The van der Waals surface area contributed by atoms with Gasteiger partial charge in [0, 0.05) is 38.3 Å². The number of nitrogens with one attached hydrogen (secondary N) is 1. The summed E-state index contributed by atoms with van der Waals surface area (Å²) in [7, 11) is -1.60. The first kappa shape index (κ1) is 29.1. The van der Waals surface area contributed by atoms with Crippen LogP contribution < -0.4 is 19.9 Å². The molecule has 0 amide bonds. The minimum atomic E-state index is -3.23. The molecule has 45 heavy (non-hydrogen) atoms. The van der Waals surface area contributed by atoms with Gasteiger partial charge in [-0.3, -0.25) is 0 Å². The van der Waals surface area contributed by atoms with E-state index in [-0.39, 0.29) is 29.5 Å². The summed E-state index contributed by atoms with van der Waals surface area (Å²) in [5.41, 5.74) is 3.19. The summed E-state index contributed by atoms with van der Waals surface area (Å²) in [6.45, 7) is 1.84. The number of methoxy groups -OCH3 is 1. The van der Waals surface area contributed by atoms with Gasteiger partial charge in [-0.25, -0.2) is 13.4 Å². The highest BCUT2D eigenvalue weighted by Crippen LogP contribution is 2.39. The van der Waals surface area contributed by atoms with Gasteiger partial charge in [0.2, 0.25) is 16.0 Å². The highest BCUT2D eigenvalue weighted by Gasteiger charge is 2.41. The molecule has 0 radical (unpaired) electrons. The van der Waals surface area contributed by atoms with Crippen molar-refractivity contribution in [1.82, 2.24) is 23.9 Å². The summed E-state index contributed by atoms with van der Waals surface area (Å²) in [6.07, 6.45) is 4.02. The number of benzene rings is 2. The Labute approximate surface area is 265 Å². The number of rotatable bonds is 8. The summed E-state index contributed by atoms with van der Waals surface area (Å²) in [5, 5.41) is 27.9. The number of sulfonamides is 1. The Morgan fingerprint density at radius 3 is 2.64 bits per heavy atom. The van der Waals surface area contributed by atoms with Crippen molar-refractivity contribution in [3.8, 4) is 17.9 Å². The topological polar surface area (TPSA) is 156 Å². The summed E-state index contributed by atoms with van der Waals surface area (Å²) < 4.78 is 33.2. The van der Waals surface area contributed by atoms with Crippen LogP contribution in [0.3, 0.4) is 0 Å². The van der Waals surface area contributed by atoms with Gasteiger partial charge in [0.05, 0.1) is 47.1 Å². The summed E-state index contributed by atoms with van der Waals surface area (Å²) in [6, 6.07) is 15.7. The smallest absolute Gasteiger partial charge is 0.247 e. The van der Waals surface area contributed by atoms with Crippen molar-refractivity contribution in [3.05, 3.63) is 64.4 Å². The predicted molar refractivity (Wildman–Crippen MR) is 168 cm³/mol. The maximum atomic E-state index is 12.4. The van der Waals surface area contributed by atoms with E-state index >= 15 is 0 Å². The molecule has 2 aliphatic heterocycles. The second kappa shape index (κ2) is 11.4. The lowest BCUT2D eigenvalue weighted by molar-refractivity contribution is 0.311. The molecule has 13 nitrogen and oxygen atoms in total. The Morgan fingerprint density at radius 2 is 1.93 bits per heavy atom. The molecule has 2 aromatic heterocycles. The Kier molecular flexibility index (Phi) is 7.36. The molecule has 3 fully saturated rings. The number of ether oxygens (including phenoxy) is 1. The molecule has 2 aromatic carbocycles. The van der Waals surface area contributed by atoms with Crippen LogP contribution in [0.1, 0.15) is 36.1 Å². The quantitative estimate of drug-likeness (QED) is 0.299. The van der Waals surface area contributed by atoms with E-state index in [1.54, 1.807) is 23.5 Å². The van der Waals surface area contributed by atoms with Gasteiger partial charge in [-0.1, -0.05) is 23.7 Å². The van der Waals surface area contributed by atoms with E-state index in [0.29, 0.717) is 66.0 Å². The number of nitriles is 2. The average Bonchev–Trinajstić information content (AvgIpc) is 3.74. The van der Waals surface area contributed by atoms with E-state index < -0.39 is 10.0 Å². The monoisotopic (exact) mass is 644 g/mol. The van der Waals surface area contributed by atoms with Crippen molar-refractivity contribution < 1.29 is 13.2 Å². The zero-order chi connectivity index (χ0) is 31.3. The fourth-order valence-corrected chi connectivity index (χ4v) is 8.12. The number of piperazine rings is 1. The molecule has 1 unspecified atom stereocenters. The van der Waals surface area contributed by atoms with Crippen molar-refractivity contribution in [1.29, 1.82) is 10.5 Å². The average molecular weight is 645 g/mol. The minimum absolute atomic E-state index is 0.139. The Balaban J connectivity index is 1.25. The van der Waals surface area contributed by atoms with E-state index in [4.69, 9.17) is 21.3 Å². The number of fused-ring (bicyclic) bond motifs is 2. The van der Waals surface area contributed by atoms with Gasteiger partial charge >= 0.3 is 0 Å². The van der Waals surface area contributed by atoms with Gasteiger partial charge in [0.1, 0.15) is 11.8 Å². The van der Waals surface area contributed by atoms with Gasteiger partial charge in [-0.15, -0.1) is 5.10 Å². The molecule has 230 valence electrons. The first-order chi connectivity index (χ1) is 21.8. The van der Waals surface area contributed by atoms with Crippen molar-refractivity contribution in [2.45, 2.75) is 37.9 Å².